The van der Waals surface area contributed by atoms with E-state index in [9.17, 15) is 0 Å². The maximum Gasteiger partial charge on any atom is 0.168 e. The second kappa shape index (κ2) is 7.42. The van der Waals surface area contributed by atoms with Crippen molar-refractivity contribution in [1.29, 1.82) is 0 Å². The molecule has 4 rings (SSSR count). The van der Waals surface area contributed by atoms with Crippen LogP contribution in [-0.4, -0.2) is 23.2 Å². The average molecular weight is 369 g/mol. The molecule has 0 saturated heterocycles. The molecule has 0 aliphatic heterocycles. The summed E-state index contributed by atoms with van der Waals surface area (Å²) in [6.45, 7) is 0. The van der Waals surface area contributed by atoms with E-state index in [0.717, 1.165) is 46.8 Å². The highest BCUT2D eigenvalue weighted by Gasteiger charge is 2.19. The number of methoxy groups -OCH3 is 1. The Morgan fingerprint density at radius 3 is 2.81 bits per heavy atom. The smallest absolute Gasteiger partial charge is 0.168 e. The van der Waals surface area contributed by atoms with Crippen LogP contribution in [0.2, 0.25) is 5.02 Å². The van der Waals surface area contributed by atoms with Gasteiger partial charge in [-0.1, -0.05) is 23.7 Å². The second-order valence-electron chi connectivity index (χ2n) is 6.52. The molecule has 0 amide bonds. The van der Waals surface area contributed by atoms with Gasteiger partial charge in [-0.15, -0.1) is 0 Å². The van der Waals surface area contributed by atoms with E-state index < -0.39 is 0 Å². The van der Waals surface area contributed by atoms with Gasteiger partial charge in [0.2, 0.25) is 0 Å². The van der Waals surface area contributed by atoms with E-state index in [1.165, 1.54) is 12.8 Å². The number of nitrogens with one attached hydrogen (secondary N) is 1. The van der Waals surface area contributed by atoms with Gasteiger partial charge in [0, 0.05) is 10.6 Å². The number of aromatic nitrogens is 2. The molecule has 0 atom stereocenters. The summed E-state index contributed by atoms with van der Waals surface area (Å²) in [4.78, 5) is 7.84. The Hall–Kier alpha value is -2.46. The Morgan fingerprint density at radius 1 is 1.15 bits per heavy atom. The first-order chi connectivity index (χ1) is 12.7. The van der Waals surface area contributed by atoms with Crippen LogP contribution in [0.4, 0.5) is 0 Å². The molecule has 0 unspecified atom stereocenters. The van der Waals surface area contributed by atoms with Crippen LogP contribution in [0, 0.1) is 0 Å². The van der Waals surface area contributed by atoms with Crippen molar-refractivity contribution in [2.45, 2.75) is 31.8 Å². The normalized spacial score (nSPS) is 15.2. The number of para-hydroxylation sites is 1. The lowest BCUT2D eigenvalue weighted by Gasteiger charge is -2.18. The third-order valence-corrected chi connectivity index (χ3v) is 4.93. The summed E-state index contributed by atoms with van der Waals surface area (Å²) in [6.07, 6.45) is 8.89. The first-order valence-electron chi connectivity index (χ1n) is 8.90. The van der Waals surface area contributed by atoms with Gasteiger partial charge >= 0.3 is 0 Å². The number of rotatable bonds is 5. The minimum absolute atomic E-state index is 0.270. The molecule has 1 aliphatic carbocycles. The number of imidazole rings is 1. The van der Waals surface area contributed by atoms with Gasteiger partial charge in [0.15, 0.2) is 11.5 Å². The number of nitrogens with zero attached hydrogens (tertiary/aromatic N) is 1. The van der Waals surface area contributed by atoms with Crippen LogP contribution in [0.3, 0.4) is 0 Å². The van der Waals surface area contributed by atoms with Gasteiger partial charge in [0.1, 0.15) is 5.82 Å². The van der Waals surface area contributed by atoms with Crippen molar-refractivity contribution in [1.82, 2.24) is 9.97 Å². The standard InChI is InChI=1S/C21H21ClN2O2/c1-25-19-8-4-5-14(21(19)26-16-6-2-3-7-16)9-12-20-23-17-11-10-15(22)13-18(17)24-20/h4-5,8-13,16H,2-3,6-7H2,1H3,(H,23,24). The van der Waals surface area contributed by atoms with Crippen LogP contribution in [0.25, 0.3) is 23.2 Å². The fraction of sp³-hybridized carbons (Fsp3) is 0.286. The minimum atomic E-state index is 0.270. The first kappa shape index (κ1) is 17.0. The summed E-state index contributed by atoms with van der Waals surface area (Å²) in [5.74, 6) is 2.34. The molecule has 26 heavy (non-hydrogen) atoms. The molecule has 1 fully saturated rings. The van der Waals surface area contributed by atoms with E-state index in [-0.39, 0.29) is 6.10 Å². The van der Waals surface area contributed by atoms with Gasteiger partial charge in [-0.2, -0.15) is 0 Å². The molecule has 5 heteroatoms. The lowest BCUT2D eigenvalue weighted by molar-refractivity contribution is 0.200. The van der Waals surface area contributed by atoms with Gasteiger partial charge in [0.05, 0.1) is 24.2 Å². The zero-order chi connectivity index (χ0) is 17.9. The molecule has 1 heterocycles. The van der Waals surface area contributed by atoms with E-state index in [1.807, 2.05) is 48.6 Å². The molecule has 1 saturated carbocycles. The first-order valence-corrected chi connectivity index (χ1v) is 9.28. The van der Waals surface area contributed by atoms with Crippen LogP contribution in [-0.2, 0) is 0 Å². The zero-order valence-corrected chi connectivity index (χ0v) is 15.4. The number of fused-ring (bicyclic) bond motifs is 1. The van der Waals surface area contributed by atoms with E-state index in [4.69, 9.17) is 21.1 Å². The van der Waals surface area contributed by atoms with Crippen LogP contribution >= 0.6 is 11.6 Å². The Bertz CT molecular complexity index is 942. The molecule has 2 aromatic carbocycles. The highest BCUT2D eigenvalue weighted by molar-refractivity contribution is 6.31. The average Bonchev–Trinajstić information content (AvgIpc) is 3.29. The molecule has 134 valence electrons. The van der Waals surface area contributed by atoms with Crippen molar-refractivity contribution in [2.75, 3.05) is 7.11 Å². The van der Waals surface area contributed by atoms with Crippen molar-refractivity contribution in [3.63, 3.8) is 0 Å². The van der Waals surface area contributed by atoms with Crippen molar-refractivity contribution in [3.8, 4) is 11.5 Å². The fourth-order valence-electron chi connectivity index (χ4n) is 3.37. The number of hydrogen-bond donors (Lipinski definition) is 1. The molecule has 1 aliphatic rings. The number of aromatic amines is 1. The highest BCUT2D eigenvalue weighted by atomic mass is 35.5. The van der Waals surface area contributed by atoms with E-state index >= 15 is 0 Å². The highest BCUT2D eigenvalue weighted by Crippen LogP contribution is 2.35. The van der Waals surface area contributed by atoms with Gasteiger partial charge in [-0.3, -0.25) is 0 Å². The molecule has 1 N–H and O–H groups in total. The molecule has 4 nitrogen and oxygen atoms in total. The third kappa shape index (κ3) is 3.56. The Kier molecular flexibility index (Phi) is 4.85. The predicted molar refractivity (Wildman–Crippen MR) is 106 cm³/mol. The largest absolute Gasteiger partial charge is 0.493 e. The topological polar surface area (TPSA) is 47.1 Å². The number of halogens is 1. The number of ether oxygens (including phenoxy) is 2. The van der Waals surface area contributed by atoms with Crippen molar-refractivity contribution < 1.29 is 9.47 Å². The SMILES string of the molecule is COc1cccc(C=Cc2nc3ccc(Cl)cc3[nH]2)c1OC1CCCC1. The zero-order valence-electron chi connectivity index (χ0n) is 14.7. The summed E-state index contributed by atoms with van der Waals surface area (Å²) in [6, 6.07) is 11.6. The summed E-state index contributed by atoms with van der Waals surface area (Å²) in [5, 5.41) is 0.691. The van der Waals surface area contributed by atoms with Crippen LogP contribution < -0.4 is 9.47 Å². The molecular weight excluding hydrogens is 348 g/mol. The van der Waals surface area contributed by atoms with E-state index in [1.54, 1.807) is 7.11 Å². The van der Waals surface area contributed by atoms with Crippen LogP contribution in [0.1, 0.15) is 37.1 Å². The van der Waals surface area contributed by atoms with Gasteiger partial charge in [0.25, 0.3) is 0 Å². The summed E-state index contributed by atoms with van der Waals surface area (Å²) in [7, 11) is 1.67. The Morgan fingerprint density at radius 2 is 2.00 bits per heavy atom. The van der Waals surface area contributed by atoms with Gasteiger partial charge in [-0.25, -0.2) is 4.98 Å². The summed E-state index contributed by atoms with van der Waals surface area (Å²) in [5.41, 5.74) is 2.79. The van der Waals surface area contributed by atoms with Gasteiger partial charge < -0.3 is 14.5 Å². The maximum absolute atomic E-state index is 6.27. The minimum Gasteiger partial charge on any atom is -0.493 e. The number of benzene rings is 2. The molecule has 3 aromatic rings. The van der Waals surface area contributed by atoms with Crippen molar-refractivity contribution in [3.05, 3.63) is 52.8 Å². The molecule has 0 bridgehead atoms. The van der Waals surface area contributed by atoms with Crippen molar-refractivity contribution in [2.24, 2.45) is 0 Å². The number of hydrogen-bond acceptors (Lipinski definition) is 3. The summed E-state index contributed by atoms with van der Waals surface area (Å²) >= 11 is 6.04. The maximum atomic E-state index is 6.27. The molecular formula is C21H21ClN2O2. The molecule has 1 aromatic heterocycles. The lowest BCUT2D eigenvalue weighted by Crippen LogP contribution is -2.12. The molecule has 0 spiro atoms. The quantitative estimate of drug-likeness (QED) is 0.626. The summed E-state index contributed by atoms with van der Waals surface area (Å²) < 4.78 is 11.8. The fourth-order valence-corrected chi connectivity index (χ4v) is 3.55. The predicted octanol–water partition coefficient (Wildman–Crippen LogP) is 5.72. The Labute approximate surface area is 157 Å². The van der Waals surface area contributed by atoms with Crippen LogP contribution in [0.15, 0.2) is 36.4 Å². The Balaban J connectivity index is 1.64. The lowest BCUT2D eigenvalue weighted by atomic mass is 10.1. The van der Waals surface area contributed by atoms with Gasteiger partial charge in [-0.05, 0) is 62.1 Å². The third-order valence-electron chi connectivity index (χ3n) is 4.70. The van der Waals surface area contributed by atoms with E-state index in [0.29, 0.717) is 5.02 Å². The molecule has 0 radical (unpaired) electrons. The van der Waals surface area contributed by atoms with E-state index in [2.05, 4.69) is 9.97 Å². The monoisotopic (exact) mass is 368 g/mol. The van der Waals surface area contributed by atoms with Crippen LogP contribution in [0.5, 0.6) is 11.5 Å². The second-order valence-corrected chi connectivity index (χ2v) is 6.96. The van der Waals surface area contributed by atoms with Crippen molar-refractivity contribution >= 4 is 34.8 Å². The number of H-pyrrole nitrogens is 1.